The molecule has 1 aromatic carbocycles. The third-order valence-corrected chi connectivity index (χ3v) is 8.09. The van der Waals surface area contributed by atoms with Crippen LogP contribution in [0.2, 0.25) is 0 Å². The van der Waals surface area contributed by atoms with Gasteiger partial charge in [0, 0.05) is 17.6 Å². The van der Waals surface area contributed by atoms with Gasteiger partial charge in [-0.2, -0.15) is 4.31 Å². The van der Waals surface area contributed by atoms with E-state index in [4.69, 9.17) is 6.42 Å². The van der Waals surface area contributed by atoms with Crippen LogP contribution >= 0.6 is 0 Å². The third kappa shape index (κ3) is 3.27. The lowest BCUT2D eigenvalue weighted by molar-refractivity contribution is 0.371. The first-order valence-electron chi connectivity index (χ1n) is 7.76. The van der Waals surface area contributed by atoms with Gasteiger partial charge in [-0.3, -0.25) is 4.98 Å². The van der Waals surface area contributed by atoms with E-state index >= 15 is 0 Å². The maximum absolute atomic E-state index is 13.3. The van der Waals surface area contributed by atoms with Crippen LogP contribution in [-0.4, -0.2) is 50.2 Å². The van der Waals surface area contributed by atoms with Crippen LogP contribution < -0.4 is 0 Å². The molecule has 1 aliphatic rings. The lowest BCUT2D eigenvalue weighted by Crippen LogP contribution is -2.41. The second-order valence-corrected chi connectivity index (χ2v) is 10.2. The van der Waals surface area contributed by atoms with Crippen molar-refractivity contribution in [1.82, 2.24) is 9.29 Å². The van der Waals surface area contributed by atoms with Crippen LogP contribution in [0, 0.1) is 19.3 Å². The molecule has 0 spiro atoms. The molecule has 1 unspecified atom stereocenters. The normalized spacial score (nSPS) is 20.0. The molecule has 0 bridgehead atoms. The maximum Gasteiger partial charge on any atom is 0.244 e. The lowest BCUT2D eigenvalue weighted by Gasteiger charge is -2.26. The van der Waals surface area contributed by atoms with Crippen molar-refractivity contribution in [3.05, 3.63) is 36.0 Å². The number of aromatic nitrogens is 1. The number of aryl methyl sites for hydroxylation is 1. The Labute approximate surface area is 147 Å². The van der Waals surface area contributed by atoms with Crippen molar-refractivity contribution in [2.75, 3.05) is 18.1 Å². The average Bonchev–Trinajstić information content (AvgIpc) is 2.92. The van der Waals surface area contributed by atoms with Gasteiger partial charge in [0.05, 0.1) is 28.5 Å². The number of terminal acetylenes is 1. The average molecular weight is 378 g/mol. The number of sulfonamides is 1. The molecule has 0 amide bonds. The molecule has 0 aliphatic carbocycles. The Balaban J connectivity index is 2.14. The summed E-state index contributed by atoms with van der Waals surface area (Å²) in [5.74, 6) is 2.12. The summed E-state index contributed by atoms with van der Waals surface area (Å²) in [5.41, 5.74) is 1.46. The Kier molecular flexibility index (Phi) is 4.58. The van der Waals surface area contributed by atoms with Crippen molar-refractivity contribution < 1.29 is 16.8 Å². The van der Waals surface area contributed by atoms with Crippen molar-refractivity contribution in [2.24, 2.45) is 0 Å². The number of benzene rings is 1. The number of hydrogen-bond acceptors (Lipinski definition) is 5. The minimum absolute atomic E-state index is 0.0234. The first-order chi connectivity index (χ1) is 11.8. The maximum atomic E-state index is 13.3. The molecule has 6 nitrogen and oxygen atoms in total. The first kappa shape index (κ1) is 17.9. The second-order valence-electron chi connectivity index (χ2n) is 6.09. The summed E-state index contributed by atoms with van der Waals surface area (Å²) in [4.78, 5) is 4.36. The van der Waals surface area contributed by atoms with Gasteiger partial charge >= 0.3 is 0 Å². The monoisotopic (exact) mass is 378 g/mol. The van der Waals surface area contributed by atoms with E-state index < -0.39 is 25.9 Å². The van der Waals surface area contributed by atoms with Gasteiger partial charge in [0.1, 0.15) is 0 Å². The SMILES string of the molecule is C#CCN(C1CCS(=O)(=O)C1)S(=O)(=O)c1ccc(C)c2ncccc12. The van der Waals surface area contributed by atoms with E-state index in [9.17, 15) is 16.8 Å². The predicted molar refractivity (Wildman–Crippen MR) is 96.3 cm³/mol. The van der Waals surface area contributed by atoms with Gasteiger partial charge in [-0.15, -0.1) is 6.42 Å². The summed E-state index contributed by atoms with van der Waals surface area (Å²) in [5, 5.41) is 0.505. The Morgan fingerprint density at radius 2 is 2.12 bits per heavy atom. The fraction of sp³-hybridized carbons (Fsp3) is 0.353. The molecule has 0 saturated carbocycles. The van der Waals surface area contributed by atoms with Gasteiger partial charge < -0.3 is 0 Å². The molecule has 0 N–H and O–H groups in total. The van der Waals surface area contributed by atoms with E-state index in [1.807, 2.05) is 6.92 Å². The van der Waals surface area contributed by atoms with E-state index in [1.165, 1.54) is 6.07 Å². The molecular weight excluding hydrogens is 360 g/mol. The minimum atomic E-state index is -3.95. The van der Waals surface area contributed by atoms with E-state index in [0.717, 1.165) is 9.87 Å². The van der Waals surface area contributed by atoms with Gasteiger partial charge in [-0.1, -0.05) is 12.0 Å². The Morgan fingerprint density at radius 1 is 1.36 bits per heavy atom. The Bertz CT molecular complexity index is 1070. The van der Waals surface area contributed by atoms with Crippen molar-refractivity contribution in [2.45, 2.75) is 24.3 Å². The highest BCUT2D eigenvalue weighted by atomic mass is 32.2. The van der Waals surface area contributed by atoms with E-state index in [0.29, 0.717) is 10.9 Å². The molecule has 132 valence electrons. The Morgan fingerprint density at radius 3 is 2.76 bits per heavy atom. The van der Waals surface area contributed by atoms with Gasteiger partial charge in [0.15, 0.2) is 9.84 Å². The van der Waals surface area contributed by atoms with Gasteiger partial charge in [0.25, 0.3) is 0 Å². The summed E-state index contributed by atoms with van der Waals surface area (Å²) in [6.07, 6.45) is 7.22. The zero-order valence-corrected chi connectivity index (χ0v) is 15.3. The van der Waals surface area contributed by atoms with E-state index in [1.54, 1.807) is 24.4 Å². The fourth-order valence-electron chi connectivity index (χ4n) is 3.14. The molecule has 25 heavy (non-hydrogen) atoms. The van der Waals surface area contributed by atoms with Crippen LogP contribution in [0.1, 0.15) is 12.0 Å². The van der Waals surface area contributed by atoms with Crippen LogP contribution in [0.4, 0.5) is 0 Å². The summed E-state index contributed by atoms with van der Waals surface area (Å²) < 4.78 is 51.2. The third-order valence-electron chi connectivity index (χ3n) is 4.38. The molecule has 8 heteroatoms. The number of nitrogens with zero attached hydrogens (tertiary/aromatic N) is 2. The molecule has 2 heterocycles. The zero-order chi connectivity index (χ0) is 18.2. The van der Waals surface area contributed by atoms with Crippen LogP contribution in [-0.2, 0) is 19.9 Å². The van der Waals surface area contributed by atoms with Crippen LogP contribution in [0.5, 0.6) is 0 Å². The predicted octanol–water partition coefficient (Wildman–Crippen LogP) is 1.35. The number of rotatable bonds is 4. The first-order valence-corrected chi connectivity index (χ1v) is 11.0. The standard InChI is InChI=1S/C17H18N2O4S2/c1-3-10-19(14-8-11-24(20,21)12-14)25(22,23)16-7-6-13(2)17-15(16)5-4-9-18-17/h1,4-7,9,14H,8,10-12H2,2H3. The smallest absolute Gasteiger partial charge is 0.244 e. The van der Waals surface area contributed by atoms with E-state index in [-0.39, 0.29) is 29.4 Å². The number of sulfone groups is 1. The van der Waals surface area contributed by atoms with Crippen molar-refractivity contribution >= 4 is 30.8 Å². The van der Waals surface area contributed by atoms with Crippen molar-refractivity contribution in [1.29, 1.82) is 0 Å². The number of hydrogen-bond donors (Lipinski definition) is 0. The molecule has 1 atom stereocenters. The molecule has 1 saturated heterocycles. The number of pyridine rings is 1. The number of fused-ring (bicyclic) bond motifs is 1. The second kappa shape index (κ2) is 6.41. The minimum Gasteiger partial charge on any atom is -0.256 e. The van der Waals surface area contributed by atoms with Crippen molar-refractivity contribution in [3.8, 4) is 12.3 Å². The molecular formula is C17H18N2O4S2. The lowest BCUT2D eigenvalue weighted by atomic mass is 10.1. The molecule has 1 aliphatic heterocycles. The topological polar surface area (TPSA) is 84.4 Å². The van der Waals surface area contributed by atoms with Crippen LogP contribution in [0.25, 0.3) is 10.9 Å². The zero-order valence-electron chi connectivity index (χ0n) is 13.7. The largest absolute Gasteiger partial charge is 0.256 e. The molecule has 1 fully saturated rings. The quantitative estimate of drug-likeness (QED) is 0.750. The highest BCUT2D eigenvalue weighted by Gasteiger charge is 2.39. The van der Waals surface area contributed by atoms with E-state index in [2.05, 4.69) is 10.9 Å². The molecule has 2 aromatic rings. The fourth-order valence-corrected chi connectivity index (χ4v) is 6.72. The van der Waals surface area contributed by atoms with Gasteiger partial charge in [-0.05, 0) is 37.1 Å². The van der Waals surface area contributed by atoms with Gasteiger partial charge in [0.2, 0.25) is 10.0 Å². The van der Waals surface area contributed by atoms with Crippen LogP contribution in [0.15, 0.2) is 35.4 Å². The summed E-state index contributed by atoms with van der Waals surface area (Å²) >= 11 is 0. The molecule has 0 radical (unpaired) electrons. The van der Waals surface area contributed by atoms with Crippen molar-refractivity contribution in [3.63, 3.8) is 0 Å². The van der Waals surface area contributed by atoms with Crippen LogP contribution in [0.3, 0.4) is 0 Å². The highest BCUT2D eigenvalue weighted by molar-refractivity contribution is 7.92. The highest BCUT2D eigenvalue weighted by Crippen LogP contribution is 2.30. The summed E-state index contributed by atoms with van der Waals surface area (Å²) in [6, 6.07) is 5.95. The van der Waals surface area contributed by atoms with Gasteiger partial charge in [-0.25, -0.2) is 16.8 Å². The summed E-state index contributed by atoms with van der Waals surface area (Å²) in [6.45, 7) is 1.69. The molecule has 1 aromatic heterocycles. The Hall–Kier alpha value is -1.95. The molecule has 3 rings (SSSR count). The summed E-state index contributed by atoms with van der Waals surface area (Å²) in [7, 11) is -7.19.